The molecule has 0 atom stereocenters. The number of pyridine rings is 1. The van der Waals surface area contributed by atoms with E-state index in [1.165, 1.54) is 6.33 Å². The molecular weight excluding hydrogens is 358 g/mol. The number of anilines is 1. The molecule has 0 radical (unpaired) electrons. The van der Waals surface area contributed by atoms with Crippen molar-refractivity contribution in [2.75, 3.05) is 25.1 Å². The highest BCUT2D eigenvalue weighted by molar-refractivity contribution is 5.44. The number of piperidine rings is 1. The molecule has 0 aromatic carbocycles. The molecule has 3 aromatic rings. The molecule has 1 aliphatic rings. The van der Waals surface area contributed by atoms with Crippen LogP contribution in [0.5, 0.6) is 11.6 Å². The molecule has 28 heavy (non-hydrogen) atoms. The number of methoxy groups -OCH3 is 1. The van der Waals surface area contributed by atoms with Crippen LogP contribution in [0.25, 0.3) is 5.69 Å². The van der Waals surface area contributed by atoms with Gasteiger partial charge in [0.15, 0.2) is 5.75 Å². The minimum atomic E-state index is 0.140. The van der Waals surface area contributed by atoms with E-state index < -0.39 is 0 Å². The third kappa shape index (κ3) is 3.60. The second kappa shape index (κ2) is 7.79. The number of rotatable bonds is 5. The lowest BCUT2D eigenvalue weighted by Gasteiger charge is -2.32. The summed E-state index contributed by atoms with van der Waals surface area (Å²) in [6.07, 6.45) is 6.95. The Morgan fingerprint density at radius 2 is 1.86 bits per heavy atom. The van der Waals surface area contributed by atoms with Gasteiger partial charge < -0.3 is 14.4 Å². The van der Waals surface area contributed by atoms with Crippen LogP contribution < -0.4 is 14.4 Å². The summed E-state index contributed by atoms with van der Waals surface area (Å²) in [6, 6.07) is 3.79. The van der Waals surface area contributed by atoms with Crippen LogP contribution in [0.1, 0.15) is 24.4 Å². The van der Waals surface area contributed by atoms with Crippen LogP contribution in [0.4, 0.5) is 5.95 Å². The smallest absolute Gasteiger partial charge is 0.231 e. The number of aryl methyl sites for hydroxylation is 2. The monoisotopic (exact) mass is 381 g/mol. The summed E-state index contributed by atoms with van der Waals surface area (Å²) in [5, 5.41) is 8.67. The molecule has 9 nitrogen and oxygen atoms in total. The van der Waals surface area contributed by atoms with E-state index in [2.05, 4.69) is 30.0 Å². The van der Waals surface area contributed by atoms with E-state index in [1.54, 1.807) is 19.5 Å². The van der Waals surface area contributed by atoms with Crippen molar-refractivity contribution < 1.29 is 9.47 Å². The van der Waals surface area contributed by atoms with Crippen LogP contribution in [0.15, 0.2) is 30.9 Å². The van der Waals surface area contributed by atoms with Gasteiger partial charge in [0.05, 0.1) is 30.9 Å². The maximum atomic E-state index is 6.10. The Balaban J connectivity index is 1.47. The fourth-order valence-corrected chi connectivity index (χ4v) is 3.33. The highest BCUT2D eigenvalue weighted by Crippen LogP contribution is 2.26. The van der Waals surface area contributed by atoms with Gasteiger partial charge in [-0.1, -0.05) is 0 Å². The van der Waals surface area contributed by atoms with E-state index in [9.17, 15) is 0 Å². The predicted octanol–water partition coefficient (Wildman–Crippen LogP) is 2.13. The Bertz CT molecular complexity index is 934. The minimum Gasteiger partial charge on any atom is -0.487 e. The summed E-state index contributed by atoms with van der Waals surface area (Å²) < 4.78 is 13.3. The Morgan fingerprint density at radius 1 is 1.04 bits per heavy atom. The second-order valence-corrected chi connectivity index (χ2v) is 6.72. The first-order chi connectivity index (χ1) is 13.7. The minimum absolute atomic E-state index is 0.140. The fraction of sp³-hybridized carbons (Fsp3) is 0.421. The van der Waals surface area contributed by atoms with Gasteiger partial charge >= 0.3 is 0 Å². The van der Waals surface area contributed by atoms with Gasteiger partial charge in [-0.25, -0.2) is 15.0 Å². The number of aromatic nitrogens is 6. The molecule has 0 aliphatic carbocycles. The highest BCUT2D eigenvalue weighted by atomic mass is 16.5. The zero-order chi connectivity index (χ0) is 19.5. The Morgan fingerprint density at radius 3 is 2.54 bits per heavy atom. The molecule has 3 aromatic heterocycles. The van der Waals surface area contributed by atoms with Gasteiger partial charge in [0.2, 0.25) is 11.8 Å². The molecule has 9 heteroatoms. The molecule has 4 rings (SSSR count). The topological polar surface area (TPSA) is 91.1 Å². The van der Waals surface area contributed by atoms with Gasteiger partial charge in [0.1, 0.15) is 18.3 Å². The molecule has 0 amide bonds. The highest BCUT2D eigenvalue weighted by Gasteiger charge is 2.25. The van der Waals surface area contributed by atoms with Crippen molar-refractivity contribution in [1.29, 1.82) is 0 Å². The molecule has 4 heterocycles. The summed E-state index contributed by atoms with van der Waals surface area (Å²) in [5.41, 5.74) is 1.77. The van der Waals surface area contributed by atoms with E-state index in [4.69, 9.17) is 9.47 Å². The fourth-order valence-electron chi connectivity index (χ4n) is 3.33. The third-order valence-electron chi connectivity index (χ3n) is 4.88. The summed E-state index contributed by atoms with van der Waals surface area (Å²) in [7, 11) is 1.60. The van der Waals surface area contributed by atoms with Crippen LogP contribution in [0, 0.1) is 13.8 Å². The van der Waals surface area contributed by atoms with Crippen LogP contribution in [0.2, 0.25) is 0 Å². The summed E-state index contributed by atoms with van der Waals surface area (Å²) in [4.78, 5) is 14.8. The zero-order valence-corrected chi connectivity index (χ0v) is 16.2. The van der Waals surface area contributed by atoms with E-state index in [0.29, 0.717) is 5.88 Å². The second-order valence-electron chi connectivity index (χ2n) is 6.72. The zero-order valence-electron chi connectivity index (χ0n) is 16.2. The van der Waals surface area contributed by atoms with E-state index >= 15 is 0 Å². The first-order valence-electron chi connectivity index (χ1n) is 9.26. The summed E-state index contributed by atoms with van der Waals surface area (Å²) in [5.74, 6) is 2.97. The van der Waals surface area contributed by atoms with Crippen molar-refractivity contribution in [1.82, 2.24) is 29.7 Å². The molecule has 1 fully saturated rings. The molecule has 1 aliphatic heterocycles. The Labute approximate surface area is 163 Å². The summed E-state index contributed by atoms with van der Waals surface area (Å²) in [6.45, 7) is 5.54. The quantitative estimate of drug-likeness (QED) is 0.664. The maximum Gasteiger partial charge on any atom is 0.231 e. The predicted molar refractivity (Wildman–Crippen MR) is 103 cm³/mol. The van der Waals surface area contributed by atoms with Crippen molar-refractivity contribution in [3.63, 3.8) is 0 Å². The average Bonchev–Trinajstić information content (AvgIpc) is 3.12. The normalized spacial score (nSPS) is 14.9. The van der Waals surface area contributed by atoms with Crippen LogP contribution >= 0.6 is 0 Å². The Kier molecular flexibility index (Phi) is 5.05. The number of ether oxygens (including phenoxy) is 2. The van der Waals surface area contributed by atoms with Gasteiger partial charge in [-0.3, -0.25) is 4.57 Å². The first-order valence-corrected chi connectivity index (χ1v) is 9.26. The standard InChI is InChI=1S/C19H23N7O2/c1-13-17(11-20-12-22-13)28-16-6-8-25(9-7-16)19-24-23-14(2)26(19)15-4-5-18(27-3)21-10-15/h4-5,10-12,16H,6-9H2,1-3H3. The number of hydrogen-bond donors (Lipinski definition) is 0. The Hall–Kier alpha value is -3.23. The van der Waals surface area contributed by atoms with Gasteiger partial charge in [0, 0.05) is 32.0 Å². The van der Waals surface area contributed by atoms with Gasteiger partial charge in [0.25, 0.3) is 0 Å². The number of hydrogen-bond acceptors (Lipinski definition) is 8. The molecule has 0 spiro atoms. The van der Waals surface area contributed by atoms with Gasteiger partial charge in [-0.15, -0.1) is 10.2 Å². The maximum absolute atomic E-state index is 6.10. The molecule has 1 saturated heterocycles. The SMILES string of the molecule is COc1ccc(-n2c(C)nnc2N2CCC(Oc3cncnc3C)CC2)cn1. The lowest BCUT2D eigenvalue weighted by molar-refractivity contribution is 0.168. The van der Waals surface area contributed by atoms with E-state index in [-0.39, 0.29) is 6.10 Å². The van der Waals surface area contributed by atoms with Gasteiger partial charge in [-0.05, 0) is 19.9 Å². The molecule has 0 bridgehead atoms. The van der Waals surface area contributed by atoms with Crippen LogP contribution in [0.3, 0.4) is 0 Å². The van der Waals surface area contributed by atoms with Crippen LogP contribution in [-0.2, 0) is 0 Å². The molecular formula is C19H23N7O2. The van der Waals surface area contributed by atoms with Crippen molar-refractivity contribution in [2.45, 2.75) is 32.8 Å². The van der Waals surface area contributed by atoms with Crippen molar-refractivity contribution in [3.8, 4) is 17.3 Å². The van der Waals surface area contributed by atoms with Crippen molar-refractivity contribution in [3.05, 3.63) is 42.4 Å². The molecule has 0 saturated carbocycles. The lowest BCUT2D eigenvalue weighted by Crippen LogP contribution is -2.39. The lowest BCUT2D eigenvalue weighted by atomic mass is 10.1. The molecule has 0 unspecified atom stereocenters. The van der Waals surface area contributed by atoms with E-state index in [1.807, 2.05) is 30.5 Å². The largest absolute Gasteiger partial charge is 0.487 e. The first kappa shape index (κ1) is 18.1. The molecule has 146 valence electrons. The van der Waals surface area contributed by atoms with Crippen molar-refractivity contribution in [2.24, 2.45) is 0 Å². The average molecular weight is 381 g/mol. The summed E-state index contributed by atoms with van der Waals surface area (Å²) >= 11 is 0. The van der Waals surface area contributed by atoms with E-state index in [0.717, 1.165) is 54.8 Å². The van der Waals surface area contributed by atoms with Crippen LogP contribution in [-0.4, -0.2) is 56.0 Å². The van der Waals surface area contributed by atoms with Crippen molar-refractivity contribution >= 4 is 5.95 Å². The molecule has 0 N–H and O–H groups in total. The number of nitrogens with zero attached hydrogens (tertiary/aromatic N) is 7. The van der Waals surface area contributed by atoms with Gasteiger partial charge in [-0.2, -0.15) is 0 Å². The third-order valence-corrected chi connectivity index (χ3v) is 4.88.